The van der Waals surface area contributed by atoms with Crippen LogP contribution >= 0.6 is 0 Å². The molecule has 0 aliphatic rings. The third-order valence-electron chi connectivity index (χ3n) is 7.25. The minimum absolute atomic E-state index is 0.146. The maximum absolute atomic E-state index is 12.6. The van der Waals surface area contributed by atoms with Gasteiger partial charge in [-0.05, 0) is 69.5 Å². The second-order valence-electron chi connectivity index (χ2n) is 9.34. The van der Waals surface area contributed by atoms with E-state index in [1.54, 1.807) is 0 Å². The van der Waals surface area contributed by atoms with Crippen LogP contribution in [0.15, 0.2) is 60.7 Å². The van der Waals surface area contributed by atoms with Crippen molar-refractivity contribution in [3.8, 4) is 0 Å². The molecule has 0 heterocycles. The molecule has 0 N–H and O–H groups in total. The number of carbonyl (C=O) groups is 2. The Kier molecular flexibility index (Phi) is 8.60. The van der Waals surface area contributed by atoms with Gasteiger partial charge in [-0.3, -0.25) is 9.59 Å². The van der Waals surface area contributed by atoms with Crippen LogP contribution in [0.25, 0.3) is 21.5 Å². The Balaban J connectivity index is 1.46. The average Bonchev–Trinajstić information content (AvgIpc) is 2.93. The number of aryl methyl sites for hydroxylation is 2. The first-order chi connectivity index (χ1) is 18.0. The minimum Gasteiger partial charge on any atom is -0.460 e. The molecule has 0 spiro atoms. The molecule has 0 aliphatic carbocycles. The molecule has 0 radical (unpaired) electrons. The highest BCUT2D eigenvalue weighted by Crippen LogP contribution is 2.29. The lowest BCUT2D eigenvalue weighted by Crippen LogP contribution is -2.15. The molecule has 37 heavy (non-hydrogen) atoms. The zero-order valence-corrected chi connectivity index (χ0v) is 22.4. The van der Waals surface area contributed by atoms with E-state index < -0.39 is 18.4 Å². The zero-order valence-electron chi connectivity index (χ0n) is 22.4. The lowest BCUT2D eigenvalue weighted by Gasteiger charge is -2.17. The summed E-state index contributed by atoms with van der Waals surface area (Å²) >= 11 is 0. The molecule has 0 amide bonds. The number of benzene rings is 4. The highest BCUT2D eigenvalue weighted by atomic mass is 16.6. The number of ether oxygens (including phenoxy) is 2. The van der Waals surface area contributed by atoms with Crippen molar-refractivity contribution in [1.82, 2.24) is 0 Å². The molecule has 4 heteroatoms. The van der Waals surface area contributed by atoms with Crippen molar-refractivity contribution in [3.63, 3.8) is 0 Å². The second-order valence-corrected chi connectivity index (χ2v) is 9.34. The molecule has 0 aliphatic heterocycles. The Morgan fingerprint density at radius 1 is 0.568 bits per heavy atom. The van der Waals surface area contributed by atoms with Gasteiger partial charge in [-0.2, -0.15) is 0 Å². The van der Waals surface area contributed by atoms with E-state index >= 15 is 0 Å². The fourth-order valence-corrected chi connectivity index (χ4v) is 5.42. The minimum atomic E-state index is -0.569. The molecule has 4 aromatic rings. The van der Waals surface area contributed by atoms with Crippen molar-refractivity contribution in [2.45, 2.75) is 73.0 Å². The topological polar surface area (TPSA) is 52.6 Å². The van der Waals surface area contributed by atoms with Gasteiger partial charge in [0, 0.05) is 11.1 Å². The van der Waals surface area contributed by atoms with Crippen molar-refractivity contribution in [3.05, 3.63) is 94.0 Å². The number of fused-ring (bicyclic) bond motifs is 2. The summed E-state index contributed by atoms with van der Waals surface area (Å²) in [5.41, 5.74) is 7.00. The van der Waals surface area contributed by atoms with Crippen LogP contribution < -0.4 is 0 Å². The van der Waals surface area contributed by atoms with Crippen LogP contribution in [0.3, 0.4) is 0 Å². The third kappa shape index (κ3) is 5.69. The molecule has 0 aromatic heterocycles. The summed E-state index contributed by atoms with van der Waals surface area (Å²) in [5, 5.41) is 4.44. The van der Waals surface area contributed by atoms with Gasteiger partial charge in [-0.15, -0.1) is 0 Å². The molecule has 0 unspecified atom stereocenters. The van der Waals surface area contributed by atoms with E-state index in [0.29, 0.717) is 0 Å². The van der Waals surface area contributed by atoms with Gasteiger partial charge in [0.05, 0.1) is 0 Å². The number of carbonyl (C=O) groups excluding carboxylic acids is 2. The summed E-state index contributed by atoms with van der Waals surface area (Å²) in [4.78, 5) is 25.3. The van der Waals surface area contributed by atoms with Gasteiger partial charge < -0.3 is 9.47 Å². The predicted octanol–water partition coefficient (Wildman–Crippen LogP) is 7.42. The molecule has 0 atom stereocenters. The van der Waals surface area contributed by atoms with Crippen molar-refractivity contribution < 1.29 is 19.1 Å². The standard InChI is InChI=1S/C33H36O4/c1-5-22-17-24-13-9-11-15-28(24)30(26(22)7-3)20-36-32(34)19-33(35)37-21-31-27(8-4)23(6-2)18-25-14-10-12-16-29(25)31/h9-18H,5-8,19-21H2,1-4H3. The SMILES string of the molecule is CCc1cc2ccccc2c(COC(=O)CC(=O)OCc2c(CC)c(CC)cc3ccccc23)c1CC. The summed E-state index contributed by atoms with van der Waals surface area (Å²) in [5.74, 6) is -1.14. The monoisotopic (exact) mass is 496 g/mol. The molecule has 0 saturated carbocycles. The van der Waals surface area contributed by atoms with Crippen molar-refractivity contribution in [2.24, 2.45) is 0 Å². The molecule has 4 rings (SSSR count). The van der Waals surface area contributed by atoms with Gasteiger partial charge in [-0.25, -0.2) is 0 Å². The lowest BCUT2D eigenvalue weighted by molar-refractivity contribution is -0.156. The van der Waals surface area contributed by atoms with Gasteiger partial charge in [0.15, 0.2) is 0 Å². The summed E-state index contributed by atoms with van der Waals surface area (Å²) in [6.45, 7) is 8.80. The maximum Gasteiger partial charge on any atom is 0.317 e. The highest BCUT2D eigenvalue weighted by molar-refractivity contribution is 5.92. The molecule has 4 nitrogen and oxygen atoms in total. The third-order valence-corrected chi connectivity index (χ3v) is 7.25. The van der Waals surface area contributed by atoms with Gasteiger partial charge in [0.2, 0.25) is 0 Å². The molecule has 0 bridgehead atoms. The molecule has 4 aromatic carbocycles. The number of rotatable bonds is 10. The molecular weight excluding hydrogens is 460 g/mol. The van der Waals surface area contributed by atoms with Crippen molar-refractivity contribution in [2.75, 3.05) is 0 Å². The first kappa shape index (κ1) is 26.4. The lowest BCUT2D eigenvalue weighted by atomic mass is 9.91. The maximum atomic E-state index is 12.6. The quantitative estimate of drug-likeness (QED) is 0.169. The predicted molar refractivity (Wildman–Crippen MR) is 150 cm³/mol. The van der Waals surface area contributed by atoms with Gasteiger partial charge >= 0.3 is 11.9 Å². The first-order valence-corrected chi connectivity index (χ1v) is 13.4. The van der Waals surface area contributed by atoms with E-state index in [-0.39, 0.29) is 13.2 Å². The first-order valence-electron chi connectivity index (χ1n) is 13.4. The van der Waals surface area contributed by atoms with Crippen LogP contribution in [-0.2, 0) is 58.0 Å². The fraction of sp³-hybridized carbons (Fsp3) is 0.333. The van der Waals surface area contributed by atoms with Gasteiger partial charge in [-0.1, -0.05) is 88.4 Å². The fourth-order valence-electron chi connectivity index (χ4n) is 5.42. The normalized spacial score (nSPS) is 11.1. The Hall–Kier alpha value is -3.66. The van der Waals surface area contributed by atoms with E-state index in [4.69, 9.17) is 9.47 Å². The zero-order chi connectivity index (χ0) is 26.4. The summed E-state index contributed by atoms with van der Waals surface area (Å²) in [7, 11) is 0. The van der Waals surface area contributed by atoms with Crippen molar-refractivity contribution in [1.29, 1.82) is 0 Å². The number of esters is 2. The summed E-state index contributed by atoms with van der Waals surface area (Å²) in [6.07, 6.45) is 3.13. The number of hydrogen-bond acceptors (Lipinski definition) is 4. The molecule has 0 fully saturated rings. The largest absolute Gasteiger partial charge is 0.460 e. The Morgan fingerprint density at radius 3 is 1.35 bits per heavy atom. The molecular formula is C33H36O4. The van der Waals surface area contributed by atoms with E-state index in [0.717, 1.165) is 58.4 Å². The summed E-state index contributed by atoms with van der Waals surface area (Å²) < 4.78 is 11.2. The average molecular weight is 497 g/mol. The van der Waals surface area contributed by atoms with Crippen LogP contribution in [0, 0.1) is 0 Å². The van der Waals surface area contributed by atoms with Crippen LogP contribution in [0.2, 0.25) is 0 Å². The van der Waals surface area contributed by atoms with Gasteiger partial charge in [0.1, 0.15) is 19.6 Å². The van der Waals surface area contributed by atoms with Crippen LogP contribution in [0.4, 0.5) is 0 Å². The Labute approximate surface area is 219 Å². The molecule has 0 saturated heterocycles. The van der Waals surface area contributed by atoms with E-state index in [1.165, 1.54) is 22.3 Å². The smallest absolute Gasteiger partial charge is 0.317 e. The second kappa shape index (κ2) is 12.1. The van der Waals surface area contributed by atoms with E-state index in [9.17, 15) is 9.59 Å². The van der Waals surface area contributed by atoms with Gasteiger partial charge in [0.25, 0.3) is 0 Å². The molecule has 192 valence electrons. The highest BCUT2D eigenvalue weighted by Gasteiger charge is 2.18. The number of hydrogen-bond donors (Lipinski definition) is 0. The van der Waals surface area contributed by atoms with Crippen LogP contribution in [-0.4, -0.2) is 11.9 Å². The summed E-state index contributed by atoms with van der Waals surface area (Å²) in [6, 6.07) is 20.8. The Morgan fingerprint density at radius 2 is 0.973 bits per heavy atom. The van der Waals surface area contributed by atoms with Crippen molar-refractivity contribution >= 4 is 33.5 Å². The van der Waals surface area contributed by atoms with E-state index in [1.807, 2.05) is 24.3 Å². The van der Waals surface area contributed by atoms with Crippen LogP contribution in [0.1, 0.15) is 67.5 Å². The van der Waals surface area contributed by atoms with Crippen LogP contribution in [0.5, 0.6) is 0 Å². The van der Waals surface area contributed by atoms with E-state index in [2.05, 4.69) is 64.1 Å². The Bertz CT molecular complexity index is 1320.